The number of carbonyl (C=O) groups excluding carboxylic acids is 2. The van der Waals surface area contributed by atoms with Crippen LogP contribution in [0.25, 0.3) is 0 Å². The van der Waals surface area contributed by atoms with Crippen molar-refractivity contribution in [3.63, 3.8) is 0 Å². The van der Waals surface area contributed by atoms with Gasteiger partial charge < -0.3 is 19.3 Å². The summed E-state index contributed by atoms with van der Waals surface area (Å²) in [6.45, 7) is 6.51. The summed E-state index contributed by atoms with van der Waals surface area (Å²) < 4.78 is 6.11. The molecule has 0 aliphatic heterocycles. The number of aromatic nitrogens is 2. The van der Waals surface area contributed by atoms with E-state index in [0.717, 1.165) is 0 Å². The zero-order valence-corrected chi connectivity index (χ0v) is 14.1. The van der Waals surface area contributed by atoms with Gasteiger partial charge in [0, 0.05) is 32.4 Å². The van der Waals surface area contributed by atoms with Gasteiger partial charge in [-0.25, -0.2) is 0 Å². The molecular formula is C16H20N4O4. The van der Waals surface area contributed by atoms with Crippen molar-refractivity contribution in [1.82, 2.24) is 14.6 Å². The molecule has 2 aromatic heterocycles. The van der Waals surface area contributed by atoms with Crippen LogP contribution in [0.5, 0.6) is 0 Å². The second kappa shape index (κ2) is 7.12. The van der Waals surface area contributed by atoms with Crippen LogP contribution >= 0.6 is 0 Å². The molecule has 128 valence electrons. The third-order valence-electron chi connectivity index (χ3n) is 3.59. The molecule has 2 heterocycles. The number of rotatable bonds is 5. The number of amides is 2. The largest absolute Gasteiger partial charge is 0.361 e. The fourth-order valence-corrected chi connectivity index (χ4v) is 2.27. The predicted molar refractivity (Wildman–Crippen MR) is 88.1 cm³/mol. The average molecular weight is 332 g/mol. The Hall–Kier alpha value is -2.90. The van der Waals surface area contributed by atoms with Crippen molar-refractivity contribution in [1.29, 1.82) is 0 Å². The summed E-state index contributed by atoms with van der Waals surface area (Å²) in [5.41, 5.74) is -0.0109. The second-order valence-corrected chi connectivity index (χ2v) is 5.31. The lowest BCUT2D eigenvalue weighted by atomic mass is 10.2. The Kier molecular flexibility index (Phi) is 5.18. The lowest BCUT2D eigenvalue weighted by Crippen LogP contribution is -2.32. The zero-order chi connectivity index (χ0) is 17.9. The first-order chi connectivity index (χ1) is 11.4. The highest BCUT2D eigenvalue weighted by Gasteiger charge is 2.18. The van der Waals surface area contributed by atoms with E-state index in [9.17, 15) is 14.4 Å². The highest BCUT2D eigenvalue weighted by Crippen LogP contribution is 2.11. The van der Waals surface area contributed by atoms with E-state index in [1.165, 1.54) is 29.9 Å². The fraction of sp³-hybridized carbons (Fsp3) is 0.375. The maximum absolute atomic E-state index is 12.5. The Morgan fingerprint density at radius 1 is 1.29 bits per heavy atom. The third kappa shape index (κ3) is 3.53. The Morgan fingerprint density at radius 3 is 2.50 bits per heavy atom. The lowest BCUT2D eigenvalue weighted by molar-refractivity contribution is 0.0771. The van der Waals surface area contributed by atoms with E-state index < -0.39 is 11.5 Å². The molecule has 8 heteroatoms. The van der Waals surface area contributed by atoms with E-state index >= 15 is 0 Å². The van der Waals surface area contributed by atoms with Gasteiger partial charge >= 0.3 is 0 Å². The normalized spacial score (nSPS) is 10.5. The molecule has 0 bridgehead atoms. The standard InChI is InChI=1S/C16H20N4O4/c1-5-20(6-2)15(22)11-8-13(16(23)19(4)9-11)17-14(21)12-7-10(3)24-18-12/h7-9H,5-6H2,1-4H3,(H,17,21). The van der Waals surface area contributed by atoms with Crippen molar-refractivity contribution in [3.8, 4) is 0 Å². The highest BCUT2D eigenvalue weighted by molar-refractivity contribution is 6.03. The van der Waals surface area contributed by atoms with Crippen LogP contribution in [0.4, 0.5) is 5.69 Å². The highest BCUT2D eigenvalue weighted by atomic mass is 16.5. The smallest absolute Gasteiger partial charge is 0.278 e. The first-order valence-corrected chi connectivity index (χ1v) is 7.62. The molecule has 1 N–H and O–H groups in total. The van der Waals surface area contributed by atoms with Crippen molar-refractivity contribution >= 4 is 17.5 Å². The number of carbonyl (C=O) groups is 2. The molecule has 0 atom stereocenters. The summed E-state index contributed by atoms with van der Waals surface area (Å²) in [5.74, 6) is -0.293. The van der Waals surface area contributed by atoms with Crippen molar-refractivity contribution in [2.24, 2.45) is 7.05 Å². The van der Waals surface area contributed by atoms with Crippen LogP contribution in [0, 0.1) is 6.92 Å². The van der Waals surface area contributed by atoms with Gasteiger partial charge in [0.05, 0.1) is 5.56 Å². The SMILES string of the molecule is CCN(CC)C(=O)c1cc(NC(=O)c2cc(C)on2)c(=O)n(C)c1. The number of pyridine rings is 1. The van der Waals surface area contributed by atoms with Crippen LogP contribution in [-0.4, -0.2) is 39.5 Å². The Labute approximate surface area is 139 Å². The van der Waals surface area contributed by atoms with Crippen LogP contribution in [-0.2, 0) is 7.05 Å². The minimum Gasteiger partial charge on any atom is -0.361 e. The number of anilines is 1. The van der Waals surface area contributed by atoms with Crippen LogP contribution < -0.4 is 10.9 Å². The molecule has 8 nitrogen and oxygen atoms in total. The molecular weight excluding hydrogens is 312 g/mol. The number of nitrogens with zero attached hydrogens (tertiary/aromatic N) is 3. The molecule has 2 amide bonds. The molecule has 0 aliphatic carbocycles. The molecule has 0 aromatic carbocycles. The van der Waals surface area contributed by atoms with Gasteiger partial charge in [0.15, 0.2) is 5.69 Å². The summed E-state index contributed by atoms with van der Waals surface area (Å²) in [6.07, 6.45) is 1.46. The van der Waals surface area contributed by atoms with Crippen LogP contribution in [0.1, 0.15) is 40.5 Å². The van der Waals surface area contributed by atoms with E-state index in [2.05, 4.69) is 10.5 Å². The summed E-state index contributed by atoms with van der Waals surface area (Å²) in [5, 5.41) is 6.09. The minimum atomic E-state index is -0.573. The van der Waals surface area contributed by atoms with Crippen molar-refractivity contribution in [2.75, 3.05) is 18.4 Å². The summed E-state index contributed by atoms with van der Waals surface area (Å²) in [6, 6.07) is 2.85. The fourth-order valence-electron chi connectivity index (χ4n) is 2.27. The monoisotopic (exact) mass is 332 g/mol. The average Bonchev–Trinajstić information content (AvgIpc) is 2.99. The number of aryl methyl sites for hydroxylation is 2. The summed E-state index contributed by atoms with van der Waals surface area (Å²) in [4.78, 5) is 38.4. The van der Waals surface area contributed by atoms with Crippen LogP contribution in [0.15, 0.2) is 27.6 Å². The topological polar surface area (TPSA) is 97.4 Å². The molecule has 0 radical (unpaired) electrons. The van der Waals surface area contributed by atoms with E-state index in [1.807, 2.05) is 13.8 Å². The lowest BCUT2D eigenvalue weighted by Gasteiger charge is -2.19. The molecule has 0 aliphatic rings. The van der Waals surface area contributed by atoms with Crippen molar-refractivity contribution < 1.29 is 14.1 Å². The van der Waals surface area contributed by atoms with Crippen LogP contribution in [0.3, 0.4) is 0 Å². The first kappa shape index (κ1) is 17.5. The Bertz CT molecular complexity index is 818. The number of hydrogen-bond acceptors (Lipinski definition) is 5. The second-order valence-electron chi connectivity index (χ2n) is 5.31. The van der Waals surface area contributed by atoms with Gasteiger partial charge in [-0.3, -0.25) is 14.4 Å². The van der Waals surface area contributed by atoms with Gasteiger partial charge in [0.25, 0.3) is 17.4 Å². The van der Waals surface area contributed by atoms with Gasteiger partial charge in [-0.2, -0.15) is 0 Å². The molecule has 0 saturated heterocycles. The zero-order valence-electron chi connectivity index (χ0n) is 14.1. The molecule has 0 saturated carbocycles. The minimum absolute atomic E-state index is 0.0150. The number of nitrogens with one attached hydrogen (secondary N) is 1. The summed E-state index contributed by atoms with van der Waals surface area (Å²) >= 11 is 0. The van der Waals surface area contributed by atoms with Gasteiger partial charge in [-0.05, 0) is 26.8 Å². The molecule has 0 fully saturated rings. The van der Waals surface area contributed by atoms with E-state index in [0.29, 0.717) is 24.4 Å². The molecule has 24 heavy (non-hydrogen) atoms. The first-order valence-electron chi connectivity index (χ1n) is 7.62. The van der Waals surface area contributed by atoms with E-state index in [4.69, 9.17) is 4.52 Å². The maximum atomic E-state index is 12.5. The molecule has 0 unspecified atom stereocenters. The van der Waals surface area contributed by atoms with Crippen molar-refractivity contribution in [2.45, 2.75) is 20.8 Å². The van der Waals surface area contributed by atoms with Gasteiger partial charge in [-0.1, -0.05) is 5.16 Å². The molecule has 2 rings (SSSR count). The van der Waals surface area contributed by atoms with E-state index in [-0.39, 0.29) is 17.3 Å². The van der Waals surface area contributed by atoms with E-state index in [1.54, 1.807) is 11.8 Å². The van der Waals surface area contributed by atoms with Gasteiger partial charge in [0.2, 0.25) is 0 Å². The van der Waals surface area contributed by atoms with Gasteiger partial charge in [-0.15, -0.1) is 0 Å². The Morgan fingerprint density at radius 2 is 1.96 bits per heavy atom. The summed E-state index contributed by atoms with van der Waals surface area (Å²) in [7, 11) is 1.53. The molecule has 0 spiro atoms. The van der Waals surface area contributed by atoms with Gasteiger partial charge in [0.1, 0.15) is 11.4 Å². The number of hydrogen-bond donors (Lipinski definition) is 1. The maximum Gasteiger partial charge on any atom is 0.278 e. The Balaban J connectivity index is 2.35. The third-order valence-corrected chi connectivity index (χ3v) is 3.59. The predicted octanol–water partition coefficient (Wildman–Crippen LogP) is 1.42. The van der Waals surface area contributed by atoms with Crippen molar-refractivity contribution in [3.05, 3.63) is 45.7 Å². The molecule has 2 aromatic rings. The quantitative estimate of drug-likeness (QED) is 0.893. The van der Waals surface area contributed by atoms with Crippen LogP contribution in [0.2, 0.25) is 0 Å².